The number of nitrogens with one attached hydrogen (secondary N) is 1. The molecule has 166 valence electrons. The Morgan fingerprint density at radius 2 is 1.82 bits per heavy atom. The second-order valence-electron chi connectivity index (χ2n) is 8.43. The van der Waals surface area contributed by atoms with Gasteiger partial charge in [-0.05, 0) is 55.7 Å². The summed E-state index contributed by atoms with van der Waals surface area (Å²) in [6.07, 6.45) is 1.94. The summed E-state index contributed by atoms with van der Waals surface area (Å²) in [7, 11) is 0. The smallest absolute Gasteiger partial charge is 0.251 e. The van der Waals surface area contributed by atoms with Crippen molar-refractivity contribution >= 4 is 28.5 Å². The van der Waals surface area contributed by atoms with Crippen LogP contribution in [0.25, 0.3) is 11.0 Å². The highest BCUT2D eigenvalue weighted by atomic mass is 16.2. The molecule has 6 nitrogen and oxygen atoms in total. The molecule has 0 atom stereocenters. The number of benzene rings is 3. The number of hydrogen-bond acceptors (Lipinski definition) is 3. The molecule has 0 radical (unpaired) electrons. The number of fused-ring (bicyclic) bond motifs is 2. The molecule has 0 spiro atoms. The standard InChI is InChI=1S/C27H26N4O2/c1-19-8-6-10-21(16-19)27(33)28-17-25-29-22-12-3-5-14-24(22)31(25)18-26(32)30-15-7-11-20-9-2-4-13-23(20)30/h2-6,8-10,12-14,16H,7,11,15,17-18H2,1H3,(H,28,33). The molecule has 1 aliphatic heterocycles. The van der Waals surface area contributed by atoms with Gasteiger partial charge >= 0.3 is 0 Å². The van der Waals surface area contributed by atoms with E-state index in [1.807, 2.05) is 77.1 Å². The first-order valence-corrected chi connectivity index (χ1v) is 11.3. The Hall–Kier alpha value is -3.93. The molecule has 0 bridgehead atoms. The van der Waals surface area contributed by atoms with Gasteiger partial charge in [-0.2, -0.15) is 0 Å². The van der Waals surface area contributed by atoms with E-state index in [-0.39, 0.29) is 24.9 Å². The fourth-order valence-corrected chi connectivity index (χ4v) is 4.50. The molecule has 0 saturated heterocycles. The van der Waals surface area contributed by atoms with Crippen LogP contribution in [0.5, 0.6) is 0 Å². The minimum absolute atomic E-state index is 0.0246. The maximum absolute atomic E-state index is 13.4. The molecular formula is C27H26N4O2. The summed E-state index contributed by atoms with van der Waals surface area (Å²) in [5, 5.41) is 2.97. The average molecular weight is 439 g/mol. The summed E-state index contributed by atoms with van der Waals surface area (Å²) in [5.41, 5.74) is 5.53. The molecular weight excluding hydrogens is 412 g/mol. The first kappa shape index (κ1) is 20.9. The van der Waals surface area contributed by atoms with Crippen LogP contribution in [0.3, 0.4) is 0 Å². The van der Waals surface area contributed by atoms with Gasteiger partial charge in [0.2, 0.25) is 5.91 Å². The number of aromatic nitrogens is 2. The Labute approximate surface area is 192 Å². The summed E-state index contributed by atoms with van der Waals surface area (Å²) >= 11 is 0. The van der Waals surface area contributed by atoms with E-state index in [0.29, 0.717) is 17.9 Å². The number of carbonyl (C=O) groups is 2. The van der Waals surface area contributed by atoms with E-state index >= 15 is 0 Å². The Morgan fingerprint density at radius 1 is 1.00 bits per heavy atom. The van der Waals surface area contributed by atoms with Crippen LogP contribution in [0.2, 0.25) is 0 Å². The number of imidazole rings is 1. The number of amides is 2. The number of para-hydroxylation sites is 3. The monoisotopic (exact) mass is 438 g/mol. The lowest BCUT2D eigenvalue weighted by Gasteiger charge is -2.29. The van der Waals surface area contributed by atoms with Gasteiger partial charge in [-0.1, -0.05) is 48.0 Å². The SMILES string of the molecule is Cc1cccc(C(=O)NCc2nc3ccccc3n2CC(=O)N2CCCc3ccccc32)c1. The zero-order chi connectivity index (χ0) is 22.8. The van der Waals surface area contributed by atoms with Crippen molar-refractivity contribution in [1.82, 2.24) is 14.9 Å². The predicted molar refractivity (Wildman–Crippen MR) is 129 cm³/mol. The lowest BCUT2D eigenvalue weighted by Crippen LogP contribution is -2.38. The fourth-order valence-electron chi connectivity index (χ4n) is 4.50. The minimum atomic E-state index is -0.159. The molecule has 1 N–H and O–H groups in total. The number of hydrogen-bond donors (Lipinski definition) is 1. The number of rotatable bonds is 5. The molecule has 5 rings (SSSR count). The van der Waals surface area contributed by atoms with Gasteiger partial charge in [-0.15, -0.1) is 0 Å². The van der Waals surface area contributed by atoms with Crippen molar-refractivity contribution in [2.45, 2.75) is 32.9 Å². The molecule has 2 heterocycles. The quantitative estimate of drug-likeness (QED) is 0.506. The van der Waals surface area contributed by atoms with Crippen molar-refractivity contribution < 1.29 is 9.59 Å². The van der Waals surface area contributed by atoms with E-state index in [0.717, 1.165) is 35.1 Å². The molecule has 0 saturated carbocycles. The van der Waals surface area contributed by atoms with Crippen molar-refractivity contribution in [3.63, 3.8) is 0 Å². The molecule has 0 unspecified atom stereocenters. The van der Waals surface area contributed by atoms with Crippen LogP contribution in [0.1, 0.15) is 33.7 Å². The first-order chi connectivity index (χ1) is 16.1. The van der Waals surface area contributed by atoms with Gasteiger partial charge in [0, 0.05) is 17.8 Å². The van der Waals surface area contributed by atoms with E-state index in [4.69, 9.17) is 4.98 Å². The van der Waals surface area contributed by atoms with Crippen LogP contribution in [0.15, 0.2) is 72.8 Å². The predicted octanol–water partition coefficient (Wildman–Crippen LogP) is 4.25. The third-order valence-corrected chi connectivity index (χ3v) is 6.13. The maximum Gasteiger partial charge on any atom is 0.251 e. The number of anilines is 1. The highest BCUT2D eigenvalue weighted by molar-refractivity contribution is 5.96. The molecule has 0 aliphatic carbocycles. The van der Waals surface area contributed by atoms with Gasteiger partial charge < -0.3 is 14.8 Å². The van der Waals surface area contributed by atoms with E-state index in [9.17, 15) is 9.59 Å². The summed E-state index contributed by atoms with van der Waals surface area (Å²) in [4.78, 5) is 32.7. The summed E-state index contributed by atoms with van der Waals surface area (Å²) in [5.74, 6) is 0.529. The molecule has 2 amide bonds. The summed E-state index contributed by atoms with van der Waals surface area (Å²) in [6.45, 7) is 3.08. The van der Waals surface area contributed by atoms with Gasteiger partial charge in [0.15, 0.2) is 0 Å². The molecule has 1 aliphatic rings. The zero-order valence-electron chi connectivity index (χ0n) is 18.6. The van der Waals surface area contributed by atoms with E-state index < -0.39 is 0 Å². The van der Waals surface area contributed by atoms with Crippen LogP contribution < -0.4 is 10.2 Å². The topological polar surface area (TPSA) is 67.2 Å². The number of aryl methyl sites for hydroxylation is 2. The Bertz CT molecular complexity index is 1340. The number of nitrogens with zero attached hydrogens (tertiary/aromatic N) is 3. The first-order valence-electron chi connectivity index (χ1n) is 11.3. The largest absolute Gasteiger partial charge is 0.345 e. The minimum Gasteiger partial charge on any atom is -0.345 e. The van der Waals surface area contributed by atoms with Crippen LogP contribution in [-0.4, -0.2) is 27.9 Å². The summed E-state index contributed by atoms with van der Waals surface area (Å²) in [6, 6.07) is 23.3. The molecule has 3 aromatic carbocycles. The van der Waals surface area contributed by atoms with E-state index in [1.54, 1.807) is 6.07 Å². The molecule has 1 aromatic heterocycles. The Balaban J connectivity index is 1.41. The molecule has 33 heavy (non-hydrogen) atoms. The third kappa shape index (κ3) is 4.24. The third-order valence-electron chi connectivity index (χ3n) is 6.13. The van der Waals surface area contributed by atoms with Crippen LogP contribution in [0, 0.1) is 6.92 Å². The van der Waals surface area contributed by atoms with Crippen molar-refractivity contribution in [2.24, 2.45) is 0 Å². The van der Waals surface area contributed by atoms with E-state index in [2.05, 4.69) is 11.4 Å². The maximum atomic E-state index is 13.4. The summed E-state index contributed by atoms with van der Waals surface area (Å²) < 4.78 is 1.92. The number of carbonyl (C=O) groups excluding carboxylic acids is 2. The van der Waals surface area contributed by atoms with Crippen LogP contribution in [-0.2, 0) is 24.3 Å². The van der Waals surface area contributed by atoms with Gasteiger partial charge in [-0.25, -0.2) is 4.98 Å². The lowest BCUT2D eigenvalue weighted by atomic mass is 10.0. The van der Waals surface area contributed by atoms with Crippen LogP contribution >= 0.6 is 0 Å². The Kier molecular flexibility index (Phi) is 5.65. The van der Waals surface area contributed by atoms with Gasteiger partial charge in [-0.3, -0.25) is 9.59 Å². The zero-order valence-corrected chi connectivity index (χ0v) is 18.6. The molecule has 4 aromatic rings. The van der Waals surface area contributed by atoms with Crippen molar-refractivity contribution in [3.05, 3.63) is 95.3 Å². The average Bonchev–Trinajstić information content (AvgIpc) is 3.19. The Morgan fingerprint density at radius 3 is 2.70 bits per heavy atom. The second-order valence-corrected chi connectivity index (χ2v) is 8.43. The normalized spacial score (nSPS) is 13.1. The van der Waals surface area contributed by atoms with E-state index in [1.165, 1.54) is 5.56 Å². The van der Waals surface area contributed by atoms with Crippen molar-refractivity contribution in [3.8, 4) is 0 Å². The van der Waals surface area contributed by atoms with Gasteiger partial charge in [0.05, 0.1) is 17.6 Å². The lowest BCUT2D eigenvalue weighted by molar-refractivity contribution is -0.119. The molecule has 0 fully saturated rings. The highest BCUT2D eigenvalue weighted by Gasteiger charge is 2.24. The van der Waals surface area contributed by atoms with Crippen LogP contribution in [0.4, 0.5) is 5.69 Å². The van der Waals surface area contributed by atoms with Gasteiger partial charge in [0.1, 0.15) is 12.4 Å². The second kappa shape index (κ2) is 8.90. The molecule has 6 heteroatoms. The van der Waals surface area contributed by atoms with Crippen molar-refractivity contribution in [2.75, 3.05) is 11.4 Å². The fraction of sp³-hybridized carbons (Fsp3) is 0.222. The van der Waals surface area contributed by atoms with Gasteiger partial charge in [0.25, 0.3) is 5.91 Å². The highest BCUT2D eigenvalue weighted by Crippen LogP contribution is 2.27. The van der Waals surface area contributed by atoms with Crippen molar-refractivity contribution in [1.29, 1.82) is 0 Å².